The van der Waals surface area contributed by atoms with Gasteiger partial charge in [-0.15, -0.1) is 0 Å². The van der Waals surface area contributed by atoms with E-state index in [1.54, 1.807) is 6.07 Å². The lowest BCUT2D eigenvalue weighted by molar-refractivity contribution is -0.118. The Bertz CT molecular complexity index is 894. The lowest BCUT2D eigenvalue weighted by atomic mass is 10.2. The average Bonchev–Trinajstić information content (AvgIpc) is 2.84. The van der Waals surface area contributed by atoms with Gasteiger partial charge in [0.05, 0.1) is 17.4 Å². The fraction of sp³-hybridized carbons (Fsp3) is 0.222. The summed E-state index contributed by atoms with van der Waals surface area (Å²) in [6.45, 7) is 4.35. The van der Waals surface area contributed by atoms with Crippen LogP contribution in [-0.4, -0.2) is 9.86 Å². The highest BCUT2D eigenvalue weighted by molar-refractivity contribution is 7.05. The van der Waals surface area contributed by atoms with Crippen LogP contribution in [0.15, 0.2) is 53.3 Å². The molecule has 118 valence electrons. The first-order valence-corrected chi connectivity index (χ1v) is 8.30. The first-order chi connectivity index (χ1) is 11.0. The van der Waals surface area contributed by atoms with Crippen LogP contribution >= 0.6 is 11.5 Å². The molecular weight excluding hydrogens is 308 g/mol. The number of hydrogen-bond donors (Lipinski definition) is 1. The average molecular weight is 326 g/mol. The van der Waals surface area contributed by atoms with Gasteiger partial charge in [0.1, 0.15) is 0 Å². The van der Waals surface area contributed by atoms with Crippen molar-refractivity contribution in [2.75, 3.05) is 5.32 Å². The molecule has 0 aliphatic rings. The van der Waals surface area contributed by atoms with Crippen LogP contribution in [0.1, 0.15) is 19.4 Å². The van der Waals surface area contributed by atoms with Crippen molar-refractivity contribution in [1.29, 1.82) is 0 Å². The number of carbonyl (C=O) groups is 1. The van der Waals surface area contributed by atoms with Crippen LogP contribution in [0.3, 0.4) is 0 Å². The summed E-state index contributed by atoms with van der Waals surface area (Å²) in [7, 11) is 0. The summed E-state index contributed by atoms with van der Waals surface area (Å²) in [5, 5.41) is 3.48. The van der Waals surface area contributed by atoms with Crippen molar-refractivity contribution in [3.8, 4) is 0 Å². The molecule has 3 rings (SSSR count). The zero-order valence-electron chi connectivity index (χ0n) is 13.1. The zero-order chi connectivity index (χ0) is 16.4. The molecule has 0 saturated carbocycles. The smallest absolute Gasteiger partial charge is 0.257 e. The SMILES string of the molecule is CC(C)C(=O)Nc1ccc2c(c1)c(=O)sn2Cc1ccccc1. The van der Waals surface area contributed by atoms with Crippen LogP contribution in [0.25, 0.3) is 10.9 Å². The molecule has 0 aliphatic heterocycles. The van der Waals surface area contributed by atoms with Crippen molar-refractivity contribution < 1.29 is 4.79 Å². The van der Waals surface area contributed by atoms with Gasteiger partial charge in [0.2, 0.25) is 5.91 Å². The lowest BCUT2D eigenvalue weighted by Gasteiger charge is -2.08. The van der Waals surface area contributed by atoms with E-state index in [0.717, 1.165) is 11.1 Å². The number of rotatable bonds is 4. The first kappa shape index (κ1) is 15.5. The summed E-state index contributed by atoms with van der Waals surface area (Å²) in [5.41, 5.74) is 2.71. The minimum atomic E-state index is -0.0945. The van der Waals surface area contributed by atoms with Crippen molar-refractivity contribution in [3.63, 3.8) is 0 Å². The largest absolute Gasteiger partial charge is 0.326 e. The van der Waals surface area contributed by atoms with Crippen LogP contribution in [0, 0.1) is 5.92 Å². The molecule has 4 nitrogen and oxygen atoms in total. The molecule has 1 N–H and O–H groups in total. The number of carbonyl (C=O) groups excluding carboxylic acids is 1. The predicted octanol–water partition coefficient (Wildman–Crippen LogP) is 3.71. The van der Waals surface area contributed by atoms with Gasteiger partial charge < -0.3 is 5.32 Å². The minimum absolute atomic E-state index is 0.0107. The highest BCUT2D eigenvalue weighted by Gasteiger charge is 2.11. The maximum Gasteiger partial charge on any atom is 0.257 e. The molecule has 0 unspecified atom stereocenters. The third-order valence-electron chi connectivity index (χ3n) is 3.64. The number of fused-ring (bicyclic) bond motifs is 1. The van der Waals surface area contributed by atoms with Gasteiger partial charge in [0.25, 0.3) is 4.74 Å². The van der Waals surface area contributed by atoms with E-state index in [-0.39, 0.29) is 16.6 Å². The highest BCUT2D eigenvalue weighted by Crippen LogP contribution is 2.21. The van der Waals surface area contributed by atoms with E-state index >= 15 is 0 Å². The maximum absolute atomic E-state index is 12.2. The van der Waals surface area contributed by atoms with Crippen LogP contribution in [0.4, 0.5) is 5.69 Å². The third kappa shape index (κ3) is 3.35. The monoisotopic (exact) mass is 326 g/mol. The number of nitrogens with zero attached hydrogens (tertiary/aromatic N) is 1. The molecule has 3 aromatic rings. The zero-order valence-corrected chi connectivity index (χ0v) is 13.9. The lowest BCUT2D eigenvalue weighted by Crippen LogP contribution is -2.17. The van der Waals surface area contributed by atoms with E-state index in [4.69, 9.17) is 0 Å². The van der Waals surface area contributed by atoms with E-state index in [2.05, 4.69) is 5.32 Å². The maximum atomic E-state index is 12.2. The summed E-state index contributed by atoms with van der Waals surface area (Å²) in [4.78, 5) is 24.0. The first-order valence-electron chi connectivity index (χ1n) is 7.53. The van der Waals surface area contributed by atoms with Gasteiger partial charge >= 0.3 is 0 Å². The topological polar surface area (TPSA) is 51.1 Å². The summed E-state index contributed by atoms with van der Waals surface area (Å²) in [6.07, 6.45) is 0. The van der Waals surface area contributed by atoms with E-state index < -0.39 is 0 Å². The molecule has 0 aliphatic carbocycles. The minimum Gasteiger partial charge on any atom is -0.326 e. The number of anilines is 1. The van der Waals surface area contributed by atoms with Gasteiger partial charge in [-0.2, -0.15) is 0 Å². The summed E-state index contributed by atoms with van der Waals surface area (Å²) in [6, 6.07) is 15.5. The van der Waals surface area contributed by atoms with Crippen molar-refractivity contribution in [2.24, 2.45) is 5.92 Å². The molecule has 23 heavy (non-hydrogen) atoms. The van der Waals surface area contributed by atoms with Crippen LogP contribution < -0.4 is 10.1 Å². The van der Waals surface area contributed by atoms with Crippen LogP contribution in [0.2, 0.25) is 0 Å². The Balaban J connectivity index is 1.94. The van der Waals surface area contributed by atoms with E-state index in [1.807, 2.05) is 60.3 Å². The molecule has 0 radical (unpaired) electrons. The number of aromatic nitrogens is 1. The standard InChI is InChI=1S/C18H18N2O2S/c1-12(2)17(21)19-14-8-9-16-15(10-14)18(22)23-20(16)11-13-6-4-3-5-7-13/h3-10,12H,11H2,1-2H3,(H,19,21). The summed E-state index contributed by atoms with van der Waals surface area (Å²) < 4.78 is 2.00. The van der Waals surface area contributed by atoms with Gasteiger partial charge in [0.15, 0.2) is 0 Å². The third-order valence-corrected chi connectivity index (χ3v) is 4.57. The van der Waals surface area contributed by atoms with Gasteiger partial charge in [0, 0.05) is 11.6 Å². The predicted molar refractivity (Wildman–Crippen MR) is 95.1 cm³/mol. The van der Waals surface area contributed by atoms with Gasteiger partial charge in [-0.3, -0.25) is 13.5 Å². The Morgan fingerprint density at radius 1 is 1.17 bits per heavy atom. The molecular formula is C18H18N2O2S. The molecule has 0 spiro atoms. The van der Waals surface area contributed by atoms with E-state index in [1.165, 1.54) is 11.5 Å². The second-order valence-electron chi connectivity index (χ2n) is 5.78. The van der Waals surface area contributed by atoms with Gasteiger partial charge in [-0.25, -0.2) is 0 Å². The molecule has 0 atom stereocenters. The molecule has 0 bridgehead atoms. The van der Waals surface area contributed by atoms with Crippen molar-refractivity contribution in [1.82, 2.24) is 3.96 Å². The Hall–Kier alpha value is -2.40. The highest BCUT2D eigenvalue weighted by atomic mass is 32.1. The second-order valence-corrected chi connectivity index (χ2v) is 6.77. The second kappa shape index (κ2) is 6.38. The fourth-order valence-electron chi connectivity index (χ4n) is 2.35. The number of benzene rings is 2. The Labute approximate surface area is 138 Å². The Kier molecular flexibility index (Phi) is 4.30. The normalized spacial score (nSPS) is 11.1. The number of hydrogen-bond acceptors (Lipinski definition) is 3. The Morgan fingerprint density at radius 2 is 1.91 bits per heavy atom. The van der Waals surface area contributed by atoms with E-state index in [0.29, 0.717) is 17.6 Å². The van der Waals surface area contributed by atoms with Gasteiger partial charge in [-0.1, -0.05) is 44.2 Å². The molecule has 0 saturated heterocycles. The Morgan fingerprint density at radius 3 is 2.61 bits per heavy atom. The van der Waals surface area contributed by atoms with Crippen molar-refractivity contribution >= 4 is 34.0 Å². The van der Waals surface area contributed by atoms with E-state index in [9.17, 15) is 9.59 Å². The fourth-order valence-corrected chi connectivity index (χ4v) is 3.28. The molecule has 2 aromatic carbocycles. The van der Waals surface area contributed by atoms with Crippen molar-refractivity contribution in [2.45, 2.75) is 20.4 Å². The molecule has 1 heterocycles. The summed E-state index contributed by atoms with van der Waals surface area (Å²) in [5.74, 6) is -0.146. The van der Waals surface area contributed by atoms with Crippen LogP contribution in [-0.2, 0) is 11.3 Å². The molecule has 0 fully saturated rings. The molecule has 5 heteroatoms. The van der Waals surface area contributed by atoms with Crippen LogP contribution in [0.5, 0.6) is 0 Å². The number of amides is 1. The number of nitrogens with one attached hydrogen (secondary N) is 1. The van der Waals surface area contributed by atoms with Crippen molar-refractivity contribution in [3.05, 3.63) is 63.6 Å². The molecule has 1 aromatic heterocycles. The quantitative estimate of drug-likeness (QED) is 0.794. The van der Waals surface area contributed by atoms with Gasteiger partial charge in [-0.05, 0) is 35.3 Å². The summed E-state index contributed by atoms with van der Waals surface area (Å²) >= 11 is 1.20. The molecule has 1 amide bonds.